The van der Waals surface area contributed by atoms with E-state index in [1.165, 1.54) is 0 Å². The molecule has 3 amide bonds. The number of rotatable bonds is 6. The summed E-state index contributed by atoms with van der Waals surface area (Å²) in [6.45, 7) is 4.50. The molecule has 1 aromatic heterocycles. The average Bonchev–Trinajstić information content (AvgIpc) is 3.45. The second-order valence-corrected chi connectivity index (χ2v) is 9.81. The van der Waals surface area contributed by atoms with E-state index in [-0.39, 0.29) is 30.1 Å². The van der Waals surface area contributed by atoms with Crippen LogP contribution in [0.5, 0.6) is 0 Å². The zero-order chi connectivity index (χ0) is 25.7. The number of anilines is 2. The predicted octanol–water partition coefficient (Wildman–Crippen LogP) is 5.22. The summed E-state index contributed by atoms with van der Waals surface area (Å²) in [4.78, 5) is 50.8. The summed E-state index contributed by atoms with van der Waals surface area (Å²) < 4.78 is 0. The van der Waals surface area contributed by atoms with Gasteiger partial charge in [-0.05, 0) is 42.8 Å². The maximum absolute atomic E-state index is 13.5. The van der Waals surface area contributed by atoms with Crippen LogP contribution in [0.4, 0.5) is 11.4 Å². The van der Waals surface area contributed by atoms with Crippen molar-refractivity contribution >= 4 is 40.1 Å². The molecule has 8 heteroatoms. The van der Waals surface area contributed by atoms with Crippen LogP contribution in [0.2, 0.25) is 0 Å². The summed E-state index contributed by atoms with van der Waals surface area (Å²) in [5.41, 5.74) is 4.98. The molecule has 2 aliphatic rings. The smallest absolute Gasteiger partial charge is 0.260 e. The Balaban J connectivity index is 1.18. The first-order valence-corrected chi connectivity index (χ1v) is 12.5. The molecule has 0 saturated heterocycles. The Morgan fingerprint density at radius 1 is 1.00 bits per heavy atom. The number of nitrogens with zero attached hydrogens (tertiary/aromatic N) is 3. The zero-order valence-electron chi connectivity index (χ0n) is 20.7. The highest BCUT2D eigenvalue weighted by atomic mass is 16.2. The van der Waals surface area contributed by atoms with Gasteiger partial charge >= 0.3 is 0 Å². The Bertz CT molecular complexity index is 1560. The van der Waals surface area contributed by atoms with Crippen molar-refractivity contribution in [3.05, 3.63) is 89.2 Å². The second kappa shape index (κ2) is 8.89. The number of carbonyl (C=O) groups excluding carboxylic acids is 3. The Labute approximate surface area is 214 Å². The van der Waals surface area contributed by atoms with E-state index >= 15 is 0 Å². The Morgan fingerprint density at radius 2 is 1.76 bits per heavy atom. The van der Waals surface area contributed by atoms with Gasteiger partial charge in [-0.1, -0.05) is 44.2 Å². The van der Waals surface area contributed by atoms with Crippen LogP contribution in [-0.4, -0.2) is 39.1 Å². The topological polar surface area (TPSA) is 98.4 Å². The molecule has 6 rings (SSSR count). The molecule has 0 unspecified atom stereocenters. The van der Waals surface area contributed by atoms with Gasteiger partial charge in [0.1, 0.15) is 12.0 Å². The maximum atomic E-state index is 13.5. The van der Waals surface area contributed by atoms with Gasteiger partial charge in [0.2, 0.25) is 5.91 Å². The van der Waals surface area contributed by atoms with Crippen LogP contribution >= 0.6 is 0 Å². The number of fused-ring (bicyclic) bond motifs is 6. The van der Waals surface area contributed by atoms with E-state index in [0.717, 1.165) is 22.4 Å². The van der Waals surface area contributed by atoms with Gasteiger partial charge in [-0.2, -0.15) is 0 Å². The standard InChI is InChI=1S/C29H27N5O3/c1-17(2)26-31-22-14-13-18(16-23(22)32-26)30-25(35)12-7-15-33-27-19-8-3-4-9-20(19)29(37)34(27)24-11-6-5-10-21(24)28(33)36/h3-6,8-11,13-14,16-17,27H,7,12,15H2,1-2H3,(H,30,35)(H,31,32)/t27-/m0/s1. The van der Waals surface area contributed by atoms with Crippen molar-refractivity contribution in [1.82, 2.24) is 14.9 Å². The molecule has 4 aromatic rings. The third kappa shape index (κ3) is 3.85. The number of carbonyl (C=O) groups is 3. The molecule has 2 N–H and O–H groups in total. The van der Waals surface area contributed by atoms with Gasteiger partial charge in [-0.15, -0.1) is 0 Å². The molecule has 0 aliphatic carbocycles. The molecular formula is C29H27N5O3. The number of amides is 3. The Hall–Kier alpha value is -4.46. The predicted molar refractivity (Wildman–Crippen MR) is 142 cm³/mol. The molecule has 1 atom stereocenters. The quantitative estimate of drug-likeness (QED) is 0.385. The van der Waals surface area contributed by atoms with E-state index < -0.39 is 6.17 Å². The van der Waals surface area contributed by atoms with Crippen molar-refractivity contribution in [2.75, 3.05) is 16.8 Å². The van der Waals surface area contributed by atoms with Crippen LogP contribution in [0.3, 0.4) is 0 Å². The van der Waals surface area contributed by atoms with Crippen LogP contribution < -0.4 is 10.2 Å². The number of H-pyrrole nitrogens is 1. The highest BCUT2D eigenvalue weighted by molar-refractivity contribution is 6.16. The highest BCUT2D eigenvalue weighted by Gasteiger charge is 2.47. The minimum absolute atomic E-state index is 0.113. The summed E-state index contributed by atoms with van der Waals surface area (Å²) in [5.74, 6) is 0.818. The van der Waals surface area contributed by atoms with E-state index in [4.69, 9.17) is 0 Å². The SMILES string of the molecule is CC(C)c1nc2ccc(NC(=O)CCCN3C(=O)c4ccccc4N4C(=O)c5ccccc5[C@@H]34)cc2[nH]1. The molecular weight excluding hydrogens is 466 g/mol. The van der Waals surface area contributed by atoms with E-state index in [9.17, 15) is 14.4 Å². The van der Waals surface area contributed by atoms with Crippen LogP contribution in [-0.2, 0) is 4.79 Å². The third-order valence-corrected chi connectivity index (χ3v) is 7.02. The molecule has 3 aromatic carbocycles. The largest absolute Gasteiger partial charge is 0.342 e. The monoisotopic (exact) mass is 493 g/mol. The summed E-state index contributed by atoms with van der Waals surface area (Å²) in [5, 5.41) is 2.95. The van der Waals surface area contributed by atoms with Gasteiger partial charge in [0.25, 0.3) is 11.8 Å². The lowest BCUT2D eigenvalue weighted by Gasteiger charge is -2.41. The van der Waals surface area contributed by atoms with E-state index in [0.29, 0.717) is 35.5 Å². The van der Waals surface area contributed by atoms with E-state index in [1.807, 2.05) is 48.5 Å². The fourth-order valence-electron chi connectivity index (χ4n) is 5.21. The van der Waals surface area contributed by atoms with Gasteiger partial charge in [0, 0.05) is 35.7 Å². The summed E-state index contributed by atoms with van der Waals surface area (Å²) in [6, 6.07) is 20.2. The van der Waals surface area contributed by atoms with Gasteiger partial charge < -0.3 is 15.2 Å². The summed E-state index contributed by atoms with van der Waals surface area (Å²) >= 11 is 0. The minimum Gasteiger partial charge on any atom is -0.342 e. The van der Waals surface area contributed by atoms with E-state index in [2.05, 4.69) is 29.1 Å². The number of imidazole rings is 1. The molecule has 0 bridgehead atoms. The van der Waals surface area contributed by atoms with Crippen molar-refractivity contribution in [2.24, 2.45) is 0 Å². The molecule has 3 heterocycles. The molecule has 186 valence electrons. The summed E-state index contributed by atoms with van der Waals surface area (Å²) in [7, 11) is 0. The number of aromatic nitrogens is 2. The van der Waals surface area contributed by atoms with Crippen molar-refractivity contribution in [2.45, 2.75) is 38.8 Å². The second-order valence-electron chi connectivity index (χ2n) is 9.81. The van der Waals surface area contributed by atoms with Crippen LogP contribution in [0.15, 0.2) is 66.7 Å². The van der Waals surface area contributed by atoms with Crippen LogP contribution in [0.25, 0.3) is 11.0 Å². The zero-order valence-corrected chi connectivity index (χ0v) is 20.7. The number of para-hydroxylation sites is 1. The number of hydrogen-bond acceptors (Lipinski definition) is 4. The first kappa shape index (κ1) is 23.0. The van der Waals surface area contributed by atoms with Crippen molar-refractivity contribution in [3.8, 4) is 0 Å². The summed E-state index contributed by atoms with van der Waals surface area (Å²) in [6.07, 6.45) is 0.197. The fraction of sp³-hybridized carbons (Fsp3) is 0.241. The van der Waals surface area contributed by atoms with Gasteiger partial charge in [0.05, 0.1) is 22.3 Å². The molecule has 2 aliphatic heterocycles. The van der Waals surface area contributed by atoms with Gasteiger partial charge in [-0.25, -0.2) is 4.98 Å². The number of benzene rings is 3. The first-order chi connectivity index (χ1) is 17.9. The lowest BCUT2D eigenvalue weighted by molar-refractivity contribution is -0.116. The molecule has 0 radical (unpaired) electrons. The highest BCUT2D eigenvalue weighted by Crippen LogP contribution is 2.45. The number of nitrogens with one attached hydrogen (secondary N) is 2. The molecule has 37 heavy (non-hydrogen) atoms. The van der Waals surface area contributed by atoms with E-state index in [1.54, 1.807) is 28.0 Å². The van der Waals surface area contributed by atoms with Crippen molar-refractivity contribution in [3.63, 3.8) is 0 Å². The fourth-order valence-corrected chi connectivity index (χ4v) is 5.21. The van der Waals surface area contributed by atoms with Crippen molar-refractivity contribution < 1.29 is 14.4 Å². The van der Waals surface area contributed by atoms with Gasteiger partial charge in [0.15, 0.2) is 0 Å². The number of hydrogen-bond donors (Lipinski definition) is 2. The molecule has 0 saturated carbocycles. The van der Waals surface area contributed by atoms with Crippen LogP contribution in [0, 0.1) is 0 Å². The average molecular weight is 494 g/mol. The maximum Gasteiger partial charge on any atom is 0.260 e. The molecule has 8 nitrogen and oxygen atoms in total. The Kier molecular flexibility index (Phi) is 5.52. The molecule has 0 fully saturated rings. The number of aromatic amines is 1. The minimum atomic E-state index is -0.507. The van der Waals surface area contributed by atoms with Crippen molar-refractivity contribution in [1.29, 1.82) is 0 Å². The first-order valence-electron chi connectivity index (χ1n) is 12.5. The Morgan fingerprint density at radius 3 is 2.57 bits per heavy atom. The molecule has 0 spiro atoms. The van der Waals surface area contributed by atoms with Crippen LogP contribution in [0.1, 0.15) is 70.9 Å². The lowest BCUT2D eigenvalue weighted by atomic mass is 10.0. The third-order valence-electron chi connectivity index (χ3n) is 7.02. The normalized spacial score (nSPS) is 16.2. The van der Waals surface area contributed by atoms with Gasteiger partial charge in [-0.3, -0.25) is 19.3 Å². The lowest BCUT2D eigenvalue weighted by Crippen LogP contribution is -2.48.